The number of benzene rings is 1. The van der Waals surface area contributed by atoms with Gasteiger partial charge in [0.1, 0.15) is 5.75 Å². The largest absolute Gasteiger partial charge is 0.508 e. The van der Waals surface area contributed by atoms with Crippen LogP contribution in [0.5, 0.6) is 5.75 Å². The molecule has 2 N–H and O–H groups in total. The number of phenolic OH excluding ortho intramolecular Hbond substituents is 1. The Morgan fingerprint density at radius 1 is 1.18 bits per heavy atom. The summed E-state index contributed by atoms with van der Waals surface area (Å²) < 4.78 is 0. The van der Waals surface area contributed by atoms with Crippen molar-refractivity contribution in [1.82, 2.24) is 5.32 Å². The maximum Gasteiger partial charge on any atom is 0.120 e. The third-order valence-corrected chi connectivity index (χ3v) is 3.83. The lowest BCUT2D eigenvalue weighted by Gasteiger charge is -2.31. The summed E-state index contributed by atoms with van der Waals surface area (Å²) in [6.07, 6.45) is 0. The molecule has 0 amide bonds. The van der Waals surface area contributed by atoms with E-state index in [1.807, 2.05) is 18.2 Å². The lowest BCUT2D eigenvalue weighted by molar-refractivity contribution is 0.230. The molecule has 0 bridgehead atoms. The second-order valence-electron chi connectivity index (χ2n) is 5.80. The molecule has 1 atom stereocenters. The zero-order chi connectivity index (χ0) is 13.1. The Bertz CT molecular complexity index is 358. The Labute approximate surface area is 105 Å². The van der Waals surface area contributed by atoms with E-state index in [0.717, 1.165) is 12.1 Å². The highest BCUT2D eigenvalue weighted by atomic mass is 16.3. The van der Waals surface area contributed by atoms with E-state index in [0.29, 0.717) is 11.7 Å². The van der Waals surface area contributed by atoms with E-state index in [1.165, 1.54) is 0 Å². The van der Waals surface area contributed by atoms with E-state index in [-0.39, 0.29) is 11.5 Å². The summed E-state index contributed by atoms with van der Waals surface area (Å²) >= 11 is 0. The zero-order valence-electron chi connectivity index (χ0n) is 11.6. The van der Waals surface area contributed by atoms with Gasteiger partial charge in [0, 0.05) is 18.2 Å². The number of hydrogen-bond acceptors (Lipinski definition) is 2. The van der Waals surface area contributed by atoms with Crippen LogP contribution in [0.2, 0.25) is 0 Å². The molecule has 0 fully saturated rings. The van der Waals surface area contributed by atoms with Crippen LogP contribution in [-0.4, -0.2) is 11.7 Å². The first-order chi connectivity index (χ1) is 7.84. The lowest BCUT2D eigenvalue weighted by atomic mass is 9.81. The summed E-state index contributed by atoms with van der Waals surface area (Å²) in [6, 6.07) is 7.69. The molecule has 0 saturated carbocycles. The summed E-state index contributed by atoms with van der Waals surface area (Å²) in [7, 11) is 0. The van der Waals surface area contributed by atoms with Crippen LogP contribution in [-0.2, 0) is 0 Å². The molecule has 1 aromatic carbocycles. The van der Waals surface area contributed by atoms with Gasteiger partial charge in [0.15, 0.2) is 0 Å². The molecule has 1 unspecified atom stereocenters. The summed E-state index contributed by atoms with van der Waals surface area (Å²) in [4.78, 5) is 0. The molecule has 0 aliphatic rings. The number of para-hydroxylation sites is 1. The summed E-state index contributed by atoms with van der Waals surface area (Å²) in [5.41, 5.74) is 1.23. The fourth-order valence-electron chi connectivity index (χ4n) is 1.58. The van der Waals surface area contributed by atoms with E-state index in [2.05, 4.69) is 39.9 Å². The first kappa shape index (κ1) is 14.0. The SMILES string of the molecule is CC(NCC(C)(C)C(C)C)c1ccccc1O. The molecule has 1 aromatic rings. The van der Waals surface area contributed by atoms with Gasteiger partial charge in [-0.2, -0.15) is 0 Å². The molecule has 2 nitrogen and oxygen atoms in total. The van der Waals surface area contributed by atoms with E-state index < -0.39 is 0 Å². The van der Waals surface area contributed by atoms with Crippen molar-refractivity contribution in [2.75, 3.05) is 6.54 Å². The quantitative estimate of drug-likeness (QED) is 0.815. The molecule has 0 spiro atoms. The Hall–Kier alpha value is -1.02. The molecule has 0 heterocycles. The first-order valence-corrected chi connectivity index (χ1v) is 6.36. The van der Waals surface area contributed by atoms with E-state index in [9.17, 15) is 5.11 Å². The maximum atomic E-state index is 9.78. The third-order valence-electron chi connectivity index (χ3n) is 3.83. The van der Waals surface area contributed by atoms with E-state index >= 15 is 0 Å². The molecule has 0 aliphatic carbocycles. The van der Waals surface area contributed by atoms with Crippen molar-refractivity contribution in [2.24, 2.45) is 11.3 Å². The zero-order valence-corrected chi connectivity index (χ0v) is 11.6. The lowest BCUT2D eigenvalue weighted by Crippen LogP contribution is -2.34. The van der Waals surface area contributed by atoms with Crippen LogP contribution in [0.3, 0.4) is 0 Å². The summed E-state index contributed by atoms with van der Waals surface area (Å²) in [5.74, 6) is 1.00. The van der Waals surface area contributed by atoms with E-state index in [1.54, 1.807) is 6.07 Å². The van der Waals surface area contributed by atoms with Gasteiger partial charge in [0.2, 0.25) is 0 Å². The van der Waals surface area contributed by atoms with Crippen molar-refractivity contribution in [3.05, 3.63) is 29.8 Å². The fourth-order valence-corrected chi connectivity index (χ4v) is 1.58. The van der Waals surface area contributed by atoms with Crippen LogP contribution in [0, 0.1) is 11.3 Å². The predicted octanol–water partition coefficient (Wildman–Crippen LogP) is 3.73. The Balaban J connectivity index is 2.62. The molecule has 0 aromatic heterocycles. The smallest absolute Gasteiger partial charge is 0.120 e. The summed E-state index contributed by atoms with van der Waals surface area (Å²) in [6.45, 7) is 12.1. The Kier molecular flexibility index (Phi) is 4.58. The van der Waals surface area contributed by atoms with Gasteiger partial charge in [-0.25, -0.2) is 0 Å². The van der Waals surface area contributed by atoms with Crippen molar-refractivity contribution >= 4 is 0 Å². The molecule has 0 aliphatic heterocycles. The van der Waals surface area contributed by atoms with E-state index in [4.69, 9.17) is 0 Å². The van der Waals surface area contributed by atoms with Gasteiger partial charge in [0.05, 0.1) is 0 Å². The second kappa shape index (κ2) is 5.54. The van der Waals surface area contributed by atoms with Crippen molar-refractivity contribution in [2.45, 2.75) is 40.7 Å². The van der Waals surface area contributed by atoms with Crippen LogP contribution >= 0.6 is 0 Å². The van der Waals surface area contributed by atoms with Crippen LogP contribution < -0.4 is 5.32 Å². The highest BCUT2D eigenvalue weighted by Crippen LogP contribution is 2.28. The molecule has 0 saturated heterocycles. The molecule has 2 heteroatoms. The normalized spacial score (nSPS) is 14.0. The topological polar surface area (TPSA) is 32.3 Å². The minimum Gasteiger partial charge on any atom is -0.508 e. The summed E-state index contributed by atoms with van der Waals surface area (Å²) in [5, 5.41) is 13.3. The second-order valence-corrected chi connectivity index (χ2v) is 5.80. The van der Waals surface area contributed by atoms with Crippen molar-refractivity contribution in [3.8, 4) is 5.75 Å². The highest BCUT2D eigenvalue weighted by molar-refractivity contribution is 5.34. The average Bonchev–Trinajstić information content (AvgIpc) is 2.26. The number of hydrogen-bond donors (Lipinski definition) is 2. The molecule has 96 valence electrons. The molecular formula is C15H25NO. The fraction of sp³-hybridized carbons (Fsp3) is 0.600. The van der Waals surface area contributed by atoms with Gasteiger partial charge in [-0.05, 0) is 24.3 Å². The Morgan fingerprint density at radius 2 is 1.76 bits per heavy atom. The molecule has 1 rings (SSSR count). The average molecular weight is 235 g/mol. The van der Waals surface area contributed by atoms with Gasteiger partial charge in [0.25, 0.3) is 0 Å². The van der Waals surface area contributed by atoms with Gasteiger partial charge >= 0.3 is 0 Å². The van der Waals surface area contributed by atoms with Crippen molar-refractivity contribution in [1.29, 1.82) is 0 Å². The van der Waals surface area contributed by atoms with Gasteiger partial charge in [-0.15, -0.1) is 0 Å². The number of phenols is 1. The van der Waals surface area contributed by atoms with Crippen LogP contribution in [0.4, 0.5) is 0 Å². The first-order valence-electron chi connectivity index (χ1n) is 6.36. The van der Waals surface area contributed by atoms with Gasteiger partial charge < -0.3 is 10.4 Å². The minimum atomic E-state index is 0.175. The van der Waals surface area contributed by atoms with Crippen molar-refractivity contribution < 1.29 is 5.11 Å². The standard InChI is InChI=1S/C15H25NO/c1-11(2)15(4,5)10-16-12(3)13-8-6-7-9-14(13)17/h6-9,11-12,16-17H,10H2,1-5H3. The number of rotatable bonds is 5. The number of aromatic hydroxyl groups is 1. The monoisotopic (exact) mass is 235 g/mol. The van der Waals surface area contributed by atoms with Gasteiger partial charge in [-0.1, -0.05) is 45.9 Å². The van der Waals surface area contributed by atoms with Crippen LogP contribution in [0.25, 0.3) is 0 Å². The molecule has 0 radical (unpaired) electrons. The number of nitrogens with one attached hydrogen (secondary N) is 1. The van der Waals surface area contributed by atoms with Crippen LogP contribution in [0.15, 0.2) is 24.3 Å². The highest BCUT2D eigenvalue weighted by Gasteiger charge is 2.23. The van der Waals surface area contributed by atoms with Crippen molar-refractivity contribution in [3.63, 3.8) is 0 Å². The third kappa shape index (κ3) is 3.74. The van der Waals surface area contributed by atoms with Gasteiger partial charge in [-0.3, -0.25) is 0 Å². The molecular weight excluding hydrogens is 210 g/mol. The molecule has 17 heavy (non-hydrogen) atoms. The predicted molar refractivity (Wildman–Crippen MR) is 73.1 cm³/mol. The maximum absolute atomic E-state index is 9.78. The minimum absolute atomic E-state index is 0.175. The van der Waals surface area contributed by atoms with Crippen LogP contribution in [0.1, 0.15) is 46.2 Å². The Morgan fingerprint density at radius 3 is 2.29 bits per heavy atom.